The second kappa shape index (κ2) is 6.67. The van der Waals surface area contributed by atoms with E-state index >= 15 is 0 Å². The lowest BCUT2D eigenvalue weighted by Crippen LogP contribution is -2.26. The molecule has 1 N–H and O–H groups in total. The minimum Gasteiger partial charge on any atom is -0.463 e. The summed E-state index contributed by atoms with van der Waals surface area (Å²) >= 11 is 0. The van der Waals surface area contributed by atoms with Gasteiger partial charge in [0.05, 0.1) is 12.0 Å². The van der Waals surface area contributed by atoms with Crippen LogP contribution in [0, 0.1) is 0 Å². The minimum atomic E-state index is -3.24. The number of unbranched alkanes of at least 4 members (excludes halogenated alkanes) is 1. The summed E-state index contributed by atoms with van der Waals surface area (Å²) in [7, 11) is -3.24. The Balaban J connectivity index is 2.11. The first-order valence-electron chi connectivity index (χ1n) is 6.57. The maximum atomic E-state index is 11.8. The zero-order valence-corrected chi connectivity index (χ0v) is 12.2. The molecule has 20 heavy (non-hydrogen) atoms. The van der Waals surface area contributed by atoms with E-state index in [0.29, 0.717) is 17.9 Å². The Morgan fingerprint density at radius 3 is 2.85 bits per heavy atom. The van der Waals surface area contributed by atoms with Crippen LogP contribution < -0.4 is 4.72 Å². The lowest BCUT2D eigenvalue weighted by atomic mass is 10.1. The van der Waals surface area contributed by atoms with Gasteiger partial charge in [-0.3, -0.25) is 4.98 Å². The molecule has 0 aliphatic carbocycles. The van der Waals surface area contributed by atoms with Crippen molar-refractivity contribution in [2.24, 2.45) is 0 Å². The number of nitrogens with one attached hydrogen (secondary N) is 1. The van der Waals surface area contributed by atoms with Crippen LogP contribution in [-0.2, 0) is 16.6 Å². The molecule has 0 bridgehead atoms. The topological polar surface area (TPSA) is 72.2 Å². The number of hydrogen-bond acceptors (Lipinski definition) is 4. The van der Waals surface area contributed by atoms with Gasteiger partial charge in [-0.1, -0.05) is 19.4 Å². The highest BCUT2D eigenvalue weighted by Crippen LogP contribution is 2.21. The Bertz CT molecular complexity index is 636. The molecule has 2 aromatic rings. The third-order valence-electron chi connectivity index (χ3n) is 2.89. The van der Waals surface area contributed by atoms with Gasteiger partial charge in [0.25, 0.3) is 0 Å². The molecule has 0 saturated heterocycles. The summed E-state index contributed by atoms with van der Waals surface area (Å²) in [6, 6.07) is 7.20. The van der Waals surface area contributed by atoms with Gasteiger partial charge in [0.1, 0.15) is 5.69 Å². The maximum Gasteiger partial charge on any atom is 0.211 e. The molecular weight excluding hydrogens is 276 g/mol. The van der Waals surface area contributed by atoms with Crippen LogP contribution in [0.3, 0.4) is 0 Å². The van der Waals surface area contributed by atoms with Crippen molar-refractivity contribution in [3.63, 3.8) is 0 Å². The summed E-state index contributed by atoms with van der Waals surface area (Å²) in [5, 5.41) is 0. The van der Waals surface area contributed by atoms with E-state index in [1.54, 1.807) is 30.7 Å². The SMILES string of the molecule is CCCCS(=O)(=O)NCc1cccnc1-c1ccco1. The normalized spacial score (nSPS) is 11.7. The highest BCUT2D eigenvalue weighted by molar-refractivity contribution is 7.89. The molecule has 0 amide bonds. The van der Waals surface area contributed by atoms with Gasteiger partial charge >= 0.3 is 0 Å². The largest absolute Gasteiger partial charge is 0.463 e. The van der Waals surface area contributed by atoms with E-state index in [2.05, 4.69) is 9.71 Å². The van der Waals surface area contributed by atoms with Crippen LogP contribution in [0.4, 0.5) is 0 Å². The van der Waals surface area contributed by atoms with Crippen molar-refractivity contribution in [2.75, 3.05) is 5.75 Å². The number of rotatable bonds is 7. The molecule has 0 aliphatic rings. The number of sulfonamides is 1. The Morgan fingerprint density at radius 2 is 2.15 bits per heavy atom. The highest BCUT2D eigenvalue weighted by Gasteiger charge is 2.13. The lowest BCUT2D eigenvalue weighted by Gasteiger charge is -2.08. The fraction of sp³-hybridized carbons (Fsp3) is 0.357. The molecule has 0 aromatic carbocycles. The molecule has 2 aromatic heterocycles. The summed E-state index contributed by atoms with van der Waals surface area (Å²) < 4.78 is 31.5. The average Bonchev–Trinajstić information content (AvgIpc) is 2.97. The predicted molar refractivity (Wildman–Crippen MR) is 77.5 cm³/mol. The van der Waals surface area contributed by atoms with Crippen molar-refractivity contribution in [3.05, 3.63) is 42.3 Å². The molecule has 2 rings (SSSR count). The van der Waals surface area contributed by atoms with E-state index < -0.39 is 10.0 Å². The third-order valence-corrected chi connectivity index (χ3v) is 4.31. The van der Waals surface area contributed by atoms with E-state index in [4.69, 9.17) is 4.42 Å². The zero-order valence-electron chi connectivity index (χ0n) is 11.4. The van der Waals surface area contributed by atoms with Crippen LogP contribution in [0.2, 0.25) is 0 Å². The lowest BCUT2D eigenvalue weighted by molar-refractivity contribution is 0.573. The highest BCUT2D eigenvalue weighted by atomic mass is 32.2. The Kier molecular flexibility index (Phi) is 4.92. The molecular formula is C14H18N2O3S. The van der Waals surface area contributed by atoms with Gasteiger partial charge in [-0.2, -0.15) is 0 Å². The summed E-state index contributed by atoms with van der Waals surface area (Å²) in [5.41, 5.74) is 1.46. The number of nitrogens with zero attached hydrogens (tertiary/aromatic N) is 1. The van der Waals surface area contributed by atoms with Crippen molar-refractivity contribution in [1.29, 1.82) is 0 Å². The van der Waals surface area contributed by atoms with Gasteiger partial charge in [0.15, 0.2) is 5.76 Å². The van der Waals surface area contributed by atoms with E-state index in [0.717, 1.165) is 12.0 Å². The number of pyridine rings is 1. The van der Waals surface area contributed by atoms with Crippen LogP contribution in [0.5, 0.6) is 0 Å². The van der Waals surface area contributed by atoms with Gasteiger partial charge in [-0.05, 0) is 30.2 Å². The first kappa shape index (κ1) is 14.7. The molecule has 5 nitrogen and oxygen atoms in total. The van der Waals surface area contributed by atoms with E-state index in [1.165, 1.54) is 0 Å². The van der Waals surface area contributed by atoms with Crippen molar-refractivity contribution in [1.82, 2.24) is 9.71 Å². The van der Waals surface area contributed by atoms with E-state index in [1.807, 2.05) is 13.0 Å². The summed E-state index contributed by atoms with van der Waals surface area (Å²) in [5.74, 6) is 0.785. The predicted octanol–water partition coefficient (Wildman–Crippen LogP) is 2.56. The van der Waals surface area contributed by atoms with Gasteiger partial charge in [-0.15, -0.1) is 0 Å². The second-order valence-electron chi connectivity index (χ2n) is 4.48. The zero-order chi connectivity index (χ0) is 14.4. The molecule has 0 saturated carbocycles. The summed E-state index contributed by atoms with van der Waals surface area (Å²) in [4.78, 5) is 4.26. The van der Waals surface area contributed by atoms with Crippen LogP contribution >= 0.6 is 0 Å². The second-order valence-corrected chi connectivity index (χ2v) is 6.41. The molecule has 6 heteroatoms. The molecule has 2 heterocycles. The van der Waals surface area contributed by atoms with Gasteiger partial charge in [0.2, 0.25) is 10.0 Å². The molecule has 0 aliphatic heterocycles. The van der Waals surface area contributed by atoms with Crippen LogP contribution in [0.1, 0.15) is 25.3 Å². The van der Waals surface area contributed by atoms with Crippen molar-refractivity contribution in [3.8, 4) is 11.5 Å². The van der Waals surface area contributed by atoms with Crippen molar-refractivity contribution < 1.29 is 12.8 Å². The summed E-state index contributed by atoms with van der Waals surface area (Å²) in [6.45, 7) is 2.18. The first-order valence-corrected chi connectivity index (χ1v) is 8.22. The van der Waals surface area contributed by atoms with Crippen LogP contribution in [0.25, 0.3) is 11.5 Å². The molecule has 0 atom stereocenters. The molecule has 0 spiro atoms. The van der Waals surface area contributed by atoms with Gasteiger partial charge < -0.3 is 4.42 Å². The summed E-state index contributed by atoms with van der Waals surface area (Å²) in [6.07, 6.45) is 4.74. The third kappa shape index (κ3) is 3.91. The van der Waals surface area contributed by atoms with E-state index in [-0.39, 0.29) is 12.3 Å². The monoisotopic (exact) mass is 294 g/mol. The molecule has 0 unspecified atom stereocenters. The van der Waals surface area contributed by atoms with Crippen molar-refractivity contribution in [2.45, 2.75) is 26.3 Å². The molecule has 0 fully saturated rings. The Labute approximate surface area is 119 Å². The number of hydrogen-bond donors (Lipinski definition) is 1. The quantitative estimate of drug-likeness (QED) is 0.852. The standard InChI is InChI=1S/C14H18N2O3S/c1-2-3-10-20(17,18)16-11-12-6-4-8-15-14(12)13-7-5-9-19-13/h4-9,16H,2-3,10-11H2,1H3. The Morgan fingerprint density at radius 1 is 1.30 bits per heavy atom. The van der Waals surface area contributed by atoms with Crippen molar-refractivity contribution >= 4 is 10.0 Å². The smallest absolute Gasteiger partial charge is 0.211 e. The fourth-order valence-corrected chi connectivity index (χ4v) is 3.00. The van der Waals surface area contributed by atoms with E-state index in [9.17, 15) is 8.42 Å². The van der Waals surface area contributed by atoms with Crippen LogP contribution in [0.15, 0.2) is 41.1 Å². The Hall–Kier alpha value is -1.66. The average molecular weight is 294 g/mol. The molecule has 108 valence electrons. The van der Waals surface area contributed by atoms with Gasteiger partial charge in [-0.25, -0.2) is 13.1 Å². The van der Waals surface area contributed by atoms with Crippen LogP contribution in [-0.4, -0.2) is 19.2 Å². The maximum absolute atomic E-state index is 11.8. The van der Waals surface area contributed by atoms with Gasteiger partial charge in [0, 0.05) is 12.7 Å². The minimum absolute atomic E-state index is 0.153. The molecule has 0 radical (unpaired) electrons. The fourth-order valence-electron chi connectivity index (χ4n) is 1.81. The number of aromatic nitrogens is 1. The number of furan rings is 1. The first-order chi connectivity index (χ1) is 9.62.